The van der Waals surface area contributed by atoms with Gasteiger partial charge in [0.2, 0.25) is 5.91 Å². The van der Waals surface area contributed by atoms with Crippen molar-refractivity contribution in [1.29, 1.82) is 0 Å². The van der Waals surface area contributed by atoms with Crippen molar-refractivity contribution >= 4 is 11.6 Å². The van der Waals surface area contributed by atoms with Crippen LogP contribution in [0.1, 0.15) is 19.4 Å². The van der Waals surface area contributed by atoms with Crippen LogP contribution in [0.25, 0.3) is 5.69 Å². The van der Waals surface area contributed by atoms with Gasteiger partial charge in [-0.15, -0.1) is 0 Å². The van der Waals surface area contributed by atoms with E-state index >= 15 is 0 Å². The number of nitrogens with two attached hydrogens (primary N) is 1. The van der Waals surface area contributed by atoms with E-state index in [1.807, 2.05) is 6.92 Å². The van der Waals surface area contributed by atoms with Crippen molar-refractivity contribution in [1.82, 2.24) is 9.78 Å². The lowest BCUT2D eigenvalue weighted by Gasteiger charge is -2.18. The molecule has 1 aromatic heterocycles. The average molecular weight is 276 g/mol. The molecule has 6 heteroatoms. The van der Waals surface area contributed by atoms with E-state index in [-0.39, 0.29) is 5.91 Å². The summed E-state index contributed by atoms with van der Waals surface area (Å²) in [5.74, 6) is -0.847. The van der Waals surface area contributed by atoms with E-state index in [0.717, 1.165) is 5.56 Å². The van der Waals surface area contributed by atoms with Crippen molar-refractivity contribution in [3.63, 3.8) is 0 Å². The fourth-order valence-electron chi connectivity index (χ4n) is 1.61. The van der Waals surface area contributed by atoms with Gasteiger partial charge in [0.25, 0.3) is 0 Å². The van der Waals surface area contributed by atoms with Crippen molar-refractivity contribution in [3.8, 4) is 5.69 Å². The zero-order valence-corrected chi connectivity index (χ0v) is 11.6. The maximum Gasteiger partial charge on any atom is 0.243 e. The first-order valence-corrected chi connectivity index (χ1v) is 6.19. The van der Waals surface area contributed by atoms with Crippen LogP contribution in [0.3, 0.4) is 0 Å². The van der Waals surface area contributed by atoms with Gasteiger partial charge < -0.3 is 11.1 Å². The lowest BCUT2D eigenvalue weighted by atomic mass is 10.1. The van der Waals surface area contributed by atoms with Crippen molar-refractivity contribution in [2.45, 2.75) is 26.3 Å². The number of hydrogen-bond acceptors (Lipinski definition) is 3. The molecule has 2 rings (SSSR count). The Kier molecular flexibility index (Phi) is 3.59. The molecule has 20 heavy (non-hydrogen) atoms. The van der Waals surface area contributed by atoms with Gasteiger partial charge in [-0.3, -0.25) is 4.79 Å². The van der Waals surface area contributed by atoms with Crippen LogP contribution in [0.4, 0.5) is 10.1 Å². The Morgan fingerprint density at radius 2 is 2.15 bits per heavy atom. The standard InChI is InChI=1S/C14H17FN4O/c1-9-7-17-19(8-9)12-5-4-10(6-11(12)15)18-13(20)14(2,3)16/h4-8H,16H2,1-3H3,(H,18,20). The Hall–Kier alpha value is -2.21. The van der Waals surface area contributed by atoms with E-state index in [1.165, 1.54) is 10.7 Å². The second-order valence-electron chi connectivity index (χ2n) is 5.30. The van der Waals surface area contributed by atoms with Crippen molar-refractivity contribution < 1.29 is 9.18 Å². The molecular formula is C14H17FN4O. The van der Waals surface area contributed by atoms with Crippen LogP contribution >= 0.6 is 0 Å². The van der Waals surface area contributed by atoms with Gasteiger partial charge in [0, 0.05) is 11.9 Å². The summed E-state index contributed by atoms with van der Waals surface area (Å²) in [6.45, 7) is 5.04. The van der Waals surface area contributed by atoms with E-state index in [1.54, 1.807) is 38.4 Å². The summed E-state index contributed by atoms with van der Waals surface area (Å²) in [6.07, 6.45) is 3.37. The van der Waals surface area contributed by atoms with Gasteiger partial charge in [-0.1, -0.05) is 0 Å². The number of nitrogens with zero attached hydrogens (tertiary/aromatic N) is 2. The van der Waals surface area contributed by atoms with Crippen molar-refractivity contribution in [2.24, 2.45) is 5.73 Å². The molecule has 0 aliphatic rings. The zero-order valence-electron chi connectivity index (χ0n) is 11.6. The highest BCUT2D eigenvalue weighted by molar-refractivity contribution is 5.97. The molecule has 3 N–H and O–H groups in total. The lowest BCUT2D eigenvalue weighted by molar-refractivity contribution is -0.120. The highest BCUT2D eigenvalue weighted by atomic mass is 19.1. The Labute approximate surface area is 116 Å². The quantitative estimate of drug-likeness (QED) is 0.900. The highest BCUT2D eigenvalue weighted by Crippen LogP contribution is 2.19. The number of amides is 1. The van der Waals surface area contributed by atoms with Crippen LogP contribution < -0.4 is 11.1 Å². The van der Waals surface area contributed by atoms with Crippen LogP contribution in [0.5, 0.6) is 0 Å². The molecule has 0 spiro atoms. The first-order chi connectivity index (χ1) is 9.27. The number of rotatable bonds is 3. The molecule has 0 saturated heterocycles. The Bertz CT molecular complexity index is 643. The topological polar surface area (TPSA) is 72.9 Å². The van der Waals surface area contributed by atoms with Crippen LogP contribution in [0, 0.1) is 12.7 Å². The van der Waals surface area contributed by atoms with Gasteiger partial charge in [-0.25, -0.2) is 9.07 Å². The molecule has 0 saturated carbocycles. The summed E-state index contributed by atoms with van der Waals surface area (Å²) in [5.41, 5.74) is 6.27. The Morgan fingerprint density at radius 3 is 2.65 bits per heavy atom. The van der Waals surface area contributed by atoms with E-state index in [2.05, 4.69) is 10.4 Å². The molecule has 0 fully saturated rings. The van der Waals surface area contributed by atoms with Gasteiger partial charge in [0.05, 0.1) is 11.7 Å². The number of benzene rings is 1. The first kappa shape index (κ1) is 14.2. The zero-order chi connectivity index (χ0) is 14.9. The molecule has 5 nitrogen and oxygen atoms in total. The molecule has 0 unspecified atom stereocenters. The molecule has 0 atom stereocenters. The summed E-state index contributed by atoms with van der Waals surface area (Å²) >= 11 is 0. The normalized spacial score (nSPS) is 11.4. The number of nitrogens with one attached hydrogen (secondary N) is 1. The molecule has 1 aromatic carbocycles. The second kappa shape index (κ2) is 5.05. The number of carbonyl (C=O) groups excluding carboxylic acids is 1. The maximum atomic E-state index is 14.0. The lowest BCUT2D eigenvalue weighted by Crippen LogP contribution is -2.45. The largest absolute Gasteiger partial charge is 0.324 e. The SMILES string of the molecule is Cc1cnn(-c2ccc(NC(=O)C(C)(C)N)cc2F)c1. The Balaban J connectivity index is 2.24. The molecule has 0 radical (unpaired) electrons. The van der Waals surface area contributed by atoms with Crippen LogP contribution in [-0.2, 0) is 4.79 Å². The second-order valence-corrected chi connectivity index (χ2v) is 5.30. The minimum Gasteiger partial charge on any atom is -0.324 e. The van der Waals surface area contributed by atoms with E-state index in [9.17, 15) is 9.18 Å². The smallest absolute Gasteiger partial charge is 0.243 e. The molecule has 0 aliphatic carbocycles. The molecule has 2 aromatic rings. The third-order valence-electron chi connectivity index (χ3n) is 2.75. The minimum absolute atomic E-state index is 0.322. The summed E-state index contributed by atoms with van der Waals surface area (Å²) in [7, 11) is 0. The molecular weight excluding hydrogens is 259 g/mol. The summed E-state index contributed by atoms with van der Waals surface area (Å²) in [6, 6.07) is 4.41. The molecule has 1 heterocycles. The number of hydrogen-bond donors (Lipinski definition) is 2. The monoisotopic (exact) mass is 276 g/mol. The van der Waals surface area contributed by atoms with Gasteiger partial charge in [-0.05, 0) is 44.5 Å². The molecule has 0 bridgehead atoms. The maximum absolute atomic E-state index is 14.0. The van der Waals surface area contributed by atoms with E-state index in [0.29, 0.717) is 11.4 Å². The number of aryl methyl sites for hydroxylation is 1. The predicted octanol–water partition coefficient (Wildman–Crippen LogP) is 2.00. The Morgan fingerprint density at radius 1 is 1.45 bits per heavy atom. The summed E-state index contributed by atoms with van der Waals surface area (Å²) in [4.78, 5) is 11.7. The highest BCUT2D eigenvalue weighted by Gasteiger charge is 2.22. The summed E-state index contributed by atoms with van der Waals surface area (Å²) in [5, 5.41) is 6.62. The third-order valence-corrected chi connectivity index (χ3v) is 2.75. The van der Waals surface area contributed by atoms with Crippen LogP contribution in [-0.4, -0.2) is 21.2 Å². The molecule has 106 valence electrons. The number of anilines is 1. The number of halogens is 1. The number of carbonyl (C=O) groups is 1. The first-order valence-electron chi connectivity index (χ1n) is 6.19. The van der Waals surface area contributed by atoms with Gasteiger partial charge in [0.1, 0.15) is 5.69 Å². The van der Waals surface area contributed by atoms with E-state index < -0.39 is 11.4 Å². The fraction of sp³-hybridized carbons (Fsp3) is 0.286. The number of aromatic nitrogens is 2. The van der Waals surface area contributed by atoms with Gasteiger partial charge in [-0.2, -0.15) is 5.10 Å². The minimum atomic E-state index is -1.02. The van der Waals surface area contributed by atoms with Crippen LogP contribution in [0.15, 0.2) is 30.6 Å². The fourth-order valence-corrected chi connectivity index (χ4v) is 1.61. The molecule has 0 aliphatic heterocycles. The van der Waals surface area contributed by atoms with Crippen molar-refractivity contribution in [3.05, 3.63) is 42.0 Å². The predicted molar refractivity (Wildman–Crippen MR) is 75.2 cm³/mol. The van der Waals surface area contributed by atoms with Gasteiger partial charge >= 0.3 is 0 Å². The van der Waals surface area contributed by atoms with Crippen LogP contribution in [0.2, 0.25) is 0 Å². The summed E-state index contributed by atoms with van der Waals surface area (Å²) < 4.78 is 15.5. The van der Waals surface area contributed by atoms with E-state index in [4.69, 9.17) is 5.73 Å². The van der Waals surface area contributed by atoms with Gasteiger partial charge in [0.15, 0.2) is 5.82 Å². The van der Waals surface area contributed by atoms with Crippen molar-refractivity contribution in [2.75, 3.05) is 5.32 Å². The average Bonchev–Trinajstić information content (AvgIpc) is 2.74. The molecule has 1 amide bonds. The third kappa shape index (κ3) is 3.03.